The van der Waals surface area contributed by atoms with E-state index in [9.17, 15) is 14.0 Å². The third-order valence-corrected chi connectivity index (χ3v) is 10.6. The fraction of sp³-hybridized carbons (Fsp3) is 0.742. The van der Waals surface area contributed by atoms with E-state index in [2.05, 4.69) is 31.4 Å². The first-order chi connectivity index (χ1) is 18.1. The summed E-state index contributed by atoms with van der Waals surface area (Å²) < 4.78 is 26.5. The molecule has 0 aliphatic heterocycles. The molecule has 4 atom stereocenters. The molecule has 7 heteroatoms. The summed E-state index contributed by atoms with van der Waals surface area (Å²) >= 11 is 0. The molecule has 2 bridgehead atoms. The van der Waals surface area contributed by atoms with Gasteiger partial charge in [0.1, 0.15) is 5.75 Å². The van der Waals surface area contributed by atoms with E-state index in [0.717, 1.165) is 64.2 Å². The Morgan fingerprint density at radius 3 is 2.34 bits per heavy atom. The highest BCUT2D eigenvalue weighted by molar-refractivity contribution is 5.98. The number of benzene rings is 1. The number of hydrogen-bond donors (Lipinski definition) is 2. The van der Waals surface area contributed by atoms with Crippen molar-refractivity contribution in [2.45, 2.75) is 104 Å². The Labute approximate surface area is 226 Å². The molecule has 0 radical (unpaired) electrons. The van der Waals surface area contributed by atoms with E-state index in [1.165, 1.54) is 25.7 Å². The molecule has 4 fully saturated rings. The first kappa shape index (κ1) is 27.3. The summed E-state index contributed by atoms with van der Waals surface area (Å²) in [5.41, 5.74) is 0.779. The molecule has 1 aromatic rings. The SMILES string of the molecule is CCC1(C)CCC(Oc2cc(C(=O)N[C@@H]3[C@H]4CC[C@H](C4)[C@@H]3C(=O)NCC3(C)CCC3)c(OC)cc2F)CC1. The van der Waals surface area contributed by atoms with Crippen molar-refractivity contribution in [2.24, 2.45) is 28.6 Å². The van der Waals surface area contributed by atoms with Crippen LogP contribution in [0, 0.1) is 34.4 Å². The van der Waals surface area contributed by atoms with Crippen LogP contribution in [0.3, 0.4) is 0 Å². The minimum absolute atomic E-state index is 0.0575. The molecule has 0 unspecified atom stereocenters. The summed E-state index contributed by atoms with van der Waals surface area (Å²) in [6.45, 7) is 7.45. The van der Waals surface area contributed by atoms with Crippen LogP contribution in [0.2, 0.25) is 0 Å². The normalized spacial score (nSPS) is 33.3. The molecular formula is C31H45FN2O4. The van der Waals surface area contributed by atoms with Crippen LogP contribution in [0.1, 0.15) is 102 Å². The number of rotatable bonds is 9. The number of halogens is 1. The van der Waals surface area contributed by atoms with Crippen LogP contribution in [0.5, 0.6) is 11.5 Å². The molecule has 2 amide bonds. The predicted molar refractivity (Wildman–Crippen MR) is 145 cm³/mol. The smallest absolute Gasteiger partial charge is 0.255 e. The lowest BCUT2D eigenvalue weighted by Crippen LogP contribution is -2.51. The van der Waals surface area contributed by atoms with Gasteiger partial charge in [-0.25, -0.2) is 4.39 Å². The second kappa shape index (κ2) is 10.7. The van der Waals surface area contributed by atoms with E-state index >= 15 is 0 Å². The zero-order valence-electron chi connectivity index (χ0n) is 23.5. The molecule has 0 heterocycles. The maximum Gasteiger partial charge on any atom is 0.255 e. The Morgan fingerprint density at radius 2 is 1.71 bits per heavy atom. The lowest BCUT2D eigenvalue weighted by Gasteiger charge is -2.39. The standard InChI is InChI=1S/C31H45FN2O4/c1-5-30(2)13-9-21(10-14-30)38-25-16-22(24(37-4)17-23(25)32)28(35)34-27-20-8-7-19(15-20)26(27)29(36)33-18-31(3)11-6-12-31/h16-17,19-21,26-27H,5-15,18H2,1-4H3,(H,33,36)(H,34,35)/t19-,20+,21?,26+,27-,30?/m1/s1. The fourth-order valence-corrected chi connectivity index (χ4v) is 7.39. The van der Waals surface area contributed by atoms with Gasteiger partial charge in [0.2, 0.25) is 5.91 Å². The largest absolute Gasteiger partial charge is 0.496 e. The van der Waals surface area contributed by atoms with Crippen LogP contribution in [-0.4, -0.2) is 37.6 Å². The fourth-order valence-electron chi connectivity index (χ4n) is 7.39. The number of ether oxygens (including phenoxy) is 2. The molecule has 4 aliphatic carbocycles. The van der Waals surface area contributed by atoms with Crippen LogP contribution >= 0.6 is 0 Å². The Kier molecular flexibility index (Phi) is 7.67. The molecule has 0 spiro atoms. The van der Waals surface area contributed by atoms with E-state index in [-0.39, 0.29) is 58.3 Å². The summed E-state index contributed by atoms with van der Waals surface area (Å²) in [6, 6.07) is 2.50. The lowest BCUT2D eigenvalue weighted by atomic mass is 9.70. The van der Waals surface area contributed by atoms with Crippen LogP contribution in [-0.2, 0) is 4.79 Å². The molecule has 38 heavy (non-hydrogen) atoms. The maximum atomic E-state index is 15.0. The predicted octanol–water partition coefficient (Wildman–Crippen LogP) is 6.02. The van der Waals surface area contributed by atoms with Gasteiger partial charge in [0.15, 0.2) is 11.6 Å². The van der Waals surface area contributed by atoms with Crippen molar-refractivity contribution in [3.05, 3.63) is 23.5 Å². The average Bonchev–Trinajstić information content (AvgIpc) is 3.50. The van der Waals surface area contributed by atoms with Gasteiger partial charge >= 0.3 is 0 Å². The molecule has 6 nitrogen and oxygen atoms in total. The Bertz CT molecular complexity index is 1050. The van der Waals surface area contributed by atoms with Crippen molar-refractivity contribution in [3.63, 3.8) is 0 Å². The van der Waals surface area contributed by atoms with E-state index in [1.807, 2.05) is 0 Å². The van der Waals surface area contributed by atoms with Gasteiger partial charge in [0.25, 0.3) is 5.91 Å². The Hall–Kier alpha value is -2.31. The van der Waals surface area contributed by atoms with Crippen LogP contribution in [0.25, 0.3) is 0 Å². The topological polar surface area (TPSA) is 76.7 Å². The second-order valence-corrected chi connectivity index (χ2v) is 13.2. The quantitative estimate of drug-likeness (QED) is 0.411. The van der Waals surface area contributed by atoms with Crippen molar-refractivity contribution in [2.75, 3.05) is 13.7 Å². The van der Waals surface area contributed by atoms with E-state index in [0.29, 0.717) is 17.9 Å². The third kappa shape index (κ3) is 5.40. The van der Waals surface area contributed by atoms with Gasteiger partial charge in [-0.1, -0.05) is 33.6 Å². The van der Waals surface area contributed by atoms with Gasteiger partial charge < -0.3 is 20.1 Å². The number of methoxy groups -OCH3 is 1. The minimum Gasteiger partial charge on any atom is -0.496 e. The van der Waals surface area contributed by atoms with Crippen LogP contribution < -0.4 is 20.1 Å². The van der Waals surface area contributed by atoms with Gasteiger partial charge in [-0.3, -0.25) is 9.59 Å². The van der Waals surface area contributed by atoms with E-state index in [4.69, 9.17) is 9.47 Å². The maximum absolute atomic E-state index is 15.0. The summed E-state index contributed by atoms with van der Waals surface area (Å²) in [4.78, 5) is 26.9. The molecule has 0 saturated heterocycles. The van der Waals surface area contributed by atoms with Gasteiger partial charge in [-0.2, -0.15) is 0 Å². The number of carbonyl (C=O) groups excluding carboxylic acids is 2. The number of amides is 2. The number of fused-ring (bicyclic) bond motifs is 2. The minimum atomic E-state index is -0.524. The molecule has 1 aromatic carbocycles. The summed E-state index contributed by atoms with van der Waals surface area (Å²) in [6.07, 6.45) is 11.4. The highest BCUT2D eigenvalue weighted by Crippen LogP contribution is 2.49. The first-order valence-electron chi connectivity index (χ1n) is 14.8. The molecule has 4 aliphatic rings. The first-order valence-corrected chi connectivity index (χ1v) is 14.8. The van der Waals surface area contributed by atoms with E-state index in [1.54, 1.807) is 0 Å². The summed E-state index contributed by atoms with van der Waals surface area (Å²) in [5.74, 6) is -0.168. The van der Waals surface area contributed by atoms with Crippen molar-refractivity contribution < 1.29 is 23.5 Å². The average molecular weight is 529 g/mol. The number of nitrogens with one attached hydrogen (secondary N) is 2. The van der Waals surface area contributed by atoms with Crippen molar-refractivity contribution >= 4 is 11.8 Å². The van der Waals surface area contributed by atoms with Gasteiger partial charge in [-0.15, -0.1) is 0 Å². The molecule has 0 aromatic heterocycles. The summed E-state index contributed by atoms with van der Waals surface area (Å²) in [5, 5.41) is 6.37. The molecule has 2 N–H and O–H groups in total. The molecule has 4 saturated carbocycles. The molecular weight excluding hydrogens is 483 g/mol. The second-order valence-electron chi connectivity index (χ2n) is 13.2. The van der Waals surface area contributed by atoms with Crippen molar-refractivity contribution in [3.8, 4) is 11.5 Å². The monoisotopic (exact) mass is 528 g/mol. The summed E-state index contributed by atoms with van der Waals surface area (Å²) in [7, 11) is 1.44. The van der Waals surface area contributed by atoms with Crippen LogP contribution in [0.4, 0.5) is 4.39 Å². The zero-order chi connectivity index (χ0) is 27.1. The zero-order valence-corrected chi connectivity index (χ0v) is 23.5. The highest BCUT2D eigenvalue weighted by atomic mass is 19.1. The Balaban J connectivity index is 1.28. The molecule has 210 valence electrons. The third-order valence-electron chi connectivity index (χ3n) is 10.6. The van der Waals surface area contributed by atoms with Crippen molar-refractivity contribution in [1.82, 2.24) is 10.6 Å². The lowest BCUT2D eigenvalue weighted by molar-refractivity contribution is -0.128. The van der Waals surface area contributed by atoms with Gasteiger partial charge in [-0.05, 0) is 86.5 Å². The number of carbonyl (C=O) groups is 2. The van der Waals surface area contributed by atoms with Gasteiger partial charge in [0, 0.05) is 18.7 Å². The van der Waals surface area contributed by atoms with Gasteiger partial charge in [0.05, 0.1) is 24.7 Å². The Morgan fingerprint density at radius 1 is 1.00 bits per heavy atom. The molecule has 5 rings (SSSR count). The number of hydrogen-bond acceptors (Lipinski definition) is 4. The van der Waals surface area contributed by atoms with Crippen LogP contribution in [0.15, 0.2) is 12.1 Å². The van der Waals surface area contributed by atoms with E-state index < -0.39 is 5.82 Å². The highest BCUT2D eigenvalue weighted by Gasteiger charge is 2.51. The van der Waals surface area contributed by atoms with Crippen molar-refractivity contribution in [1.29, 1.82) is 0 Å².